The molecule has 0 spiro atoms. The summed E-state index contributed by atoms with van der Waals surface area (Å²) in [7, 11) is 0. The molecular formula is C33H36O3. The van der Waals surface area contributed by atoms with Gasteiger partial charge < -0.3 is 0 Å². The minimum absolute atomic E-state index is 0.0733. The van der Waals surface area contributed by atoms with Gasteiger partial charge in [0.1, 0.15) is 0 Å². The summed E-state index contributed by atoms with van der Waals surface area (Å²) in [5, 5.41) is 0. The predicted octanol–water partition coefficient (Wildman–Crippen LogP) is 7.24. The number of rotatable bonds is 3. The Morgan fingerprint density at radius 3 is 2.31 bits per heavy atom. The lowest BCUT2D eigenvalue weighted by molar-refractivity contribution is -0.127. The Hall–Kier alpha value is -3.07. The van der Waals surface area contributed by atoms with Crippen molar-refractivity contribution in [1.82, 2.24) is 0 Å². The van der Waals surface area contributed by atoms with Gasteiger partial charge in [-0.3, -0.25) is 14.4 Å². The number of hydrogen-bond donors (Lipinski definition) is 0. The molecular weight excluding hydrogens is 444 g/mol. The Morgan fingerprint density at radius 1 is 1.00 bits per heavy atom. The smallest absolute Gasteiger partial charge is 0.189 e. The lowest BCUT2D eigenvalue weighted by Gasteiger charge is -2.49. The maximum absolute atomic E-state index is 14.2. The first-order valence-corrected chi connectivity index (χ1v) is 13.2. The zero-order valence-electron chi connectivity index (χ0n) is 22.6. The zero-order chi connectivity index (χ0) is 26.1. The molecule has 2 aromatic rings. The highest BCUT2D eigenvalue weighted by Crippen LogP contribution is 2.56. The van der Waals surface area contributed by atoms with Crippen molar-refractivity contribution in [2.45, 2.75) is 74.1 Å². The van der Waals surface area contributed by atoms with Crippen LogP contribution >= 0.6 is 0 Å². The molecule has 186 valence electrons. The molecule has 0 saturated carbocycles. The number of fused-ring (bicyclic) bond motifs is 3. The molecule has 3 aliphatic rings. The fourth-order valence-corrected chi connectivity index (χ4v) is 7.68. The zero-order valence-corrected chi connectivity index (χ0v) is 22.6. The van der Waals surface area contributed by atoms with Crippen LogP contribution in [-0.4, -0.2) is 17.3 Å². The van der Waals surface area contributed by atoms with Crippen molar-refractivity contribution >= 4 is 17.3 Å². The highest BCUT2D eigenvalue weighted by molar-refractivity contribution is 6.23. The van der Waals surface area contributed by atoms with Gasteiger partial charge in [0, 0.05) is 23.5 Å². The van der Waals surface area contributed by atoms with Crippen molar-refractivity contribution in [1.29, 1.82) is 0 Å². The maximum Gasteiger partial charge on any atom is 0.189 e. The van der Waals surface area contributed by atoms with Crippen molar-refractivity contribution in [2.75, 3.05) is 0 Å². The largest absolute Gasteiger partial charge is 0.294 e. The molecule has 0 bridgehead atoms. The summed E-state index contributed by atoms with van der Waals surface area (Å²) < 4.78 is 0. The van der Waals surface area contributed by atoms with E-state index >= 15 is 0 Å². The molecule has 5 rings (SSSR count). The van der Waals surface area contributed by atoms with E-state index in [-0.39, 0.29) is 28.7 Å². The van der Waals surface area contributed by atoms with Gasteiger partial charge in [0.05, 0.1) is 5.57 Å². The summed E-state index contributed by atoms with van der Waals surface area (Å²) in [5.74, 6) is -0.385. The molecule has 36 heavy (non-hydrogen) atoms. The van der Waals surface area contributed by atoms with Crippen LogP contribution in [0.5, 0.6) is 0 Å². The number of Topliss-reactive ketones (excluding diaryl/α,β-unsaturated/α-hetero) is 3. The highest BCUT2D eigenvalue weighted by Gasteiger charge is 2.53. The second-order valence-electron chi connectivity index (χ2n) is 11.8. The molecule has 3 atom stereocenters. The van der Waals surface area contributed by atoms with E-state index in [2.05, 4.69) is 51.1 Å². The quantitative estimate of drug-likeness (QED) is 0.435. The van der Waals surface area contributed by atoms with E-state index in [1.54, 1.807) is 0 Å². The third-order valence-corrected chi connectivity index (χ3v) is 8.86. The number of benzene rings is 2. The van der Waals surface area contributed by atoms with Crippen LogP contribution in [0.1, 0.15) is 79.6 Å². The van der Waals surface area contributed by atoms with Crippen LogP contribution in [0, 0.1) is 38.0 Å². The normalized spacial score (nSPS) is 25.5. The summed E-state index contributed by atoms with van der Waals surface area (Å²) in [6.07, 6.45) is 2.64. The maximum atomic E-state index is 14.2. The van der Waals surface area contributed by atoms with Gasteiger partial charge >= 0.3 is 0 Å². The second-order valence-corrected chi connectivity index (χ2v) is 11.8. The van der Waals surface area contributed by atoms with Gasteiger partial charge in [0.2, 0.25) is 0 Å². The number of ketones is 3. The molecule has 2 aromatic carbocycles. The van der Waals surface area contributed by atoms with Crippen LogP contribution in [0.2, 0.25) is 0 Å². The molecule has 0 saturated heterocycles. The minimum Gasteiger partial charge on any atom is -0.294 e. The molecule has 0 heterocycles. The summed E-state index contributed by atoms with van der Waals surface area (Å²) >= 11 is 0. The molecule has 3 aliphatic carbocycles. The third kappa shape index (κ3) is 3.58. The Balaban J connectivity index is 1.68. The van der Waals surface area contributed by atoms with Crippen LogP contribution < -0.4 is 0 Å². The number of carbonyl (C=O) groups excluding carboxylic acids is 3. The summed E-state index contributed by atoms with van der Waals surface area (Å²) in [6.45, 7) is 14.2. The summed E-state index contributed by atoms with van der Waals surface area (Å²) in [6, 6.07) is 10.8. The molecule has 3 nitrogen and oxygen atoms in total. The summed E-state index contributed by atoms with van der Waals surface area (Å²) in [4.78, 5) is 40.6. The average molecular weight is 481 g/mol. The van der Waals surface area contributed by atoms with E-state index in [4.69, 9.17) is 0 Å². The monoisotopic (exact) mass is 480 g/mol. The van der Waals surface area contributed by atoms with Crippen LogP contribution in [0.15, 0.2) is 52.6 Å². The standard InChI is InChI=1S/C33H36O3/c1-8-26(34)28-20(5)15-33(7)16-23-14-25-24(22-12-17(2)11-18(3)13-22)10-9-19(4)27(25)31(35)29(23)21(6)30(33)32(28)36/h9-13,23,30H,8,14-16H2,1-7H3/t23?,30?,33-/m1/s1. The molecule has 0 aliphatic heterocycles. The van der Waals surface area contributed by atoms with Crippen molar-refractivity contribution in [2.24, 2.45) is 17.3 Å². The Labute approximate surface area is 214 Å². The van der Waals surface area contributed by atoms with Gasteiger partial charge in [-0.1, -0.05) is 66.5 Å². The third-order valence-electron chi connectivity index (χ3n) is 8.86. The van der Waals surface area contributed by atoms with E-state index in [1.165, 1.54) is 11.1 Å². The van der Waals surface area contributed by atoms with Crippen molar-refractivity contribution < 1.29 is 14.4 Å². The van der Waals surface area contributed by atoms with E-state index in [9.17, 15) is 14.4 Å². The number of carbonyl (C=O) groups is 3. The Bertz CT molecular complexity index is 1400. The molecule has 0 radical (unpaired) electrons. The summed E-state index contributed by atoms with van der Waals surface area (Å²) in [5.41, 5.74) is 10.4. The first kappa shape index (κ1) is 24.6. The number of allylic oxidation sites excluding steroid dienone is 4. The topological polar surface area (TPSA) is 51.2 Å². The van der Waals surface area contributed by atoms with Gasteiger partial charge in [0.25, 0.3) is 0 Å². The molecule has 3 heteroatoms. The van der Waals surface area contributed by atoms with Gasteiger partial charge in [-0.05, 0) is 87.5 Å². The number of aryl methyl sites for hydroxylation is 3. The van der Waals surface area contributed by atoms with E-state index < -0.39 is 5.92 Å². The van der Waals surface area contributed by atoms with Gasteiger partial charge in [-0.25, -0.2) is 0 Å². The SMILES string of the molecule is CCC(=O)C1=C(C)C[C@]2(C)CC3Cc4c(-c5cc(C)cc(C)c5)ccc(C)c4C(=O)C3=C(C)C2C1=O. The van der Waals surface area contributed by atoms with E-state index in [1.807, 2.05) is 27.7 Å². The van der Waals surface area contributed by atoms with Crippen molar-refractivity contribution in [3.8, 4) is 11.1 Å². The highest BCUT2D eigenvalue weighted by atomic mass is 16.2. The predicted molar refractivity (Wildman–Crippen MR) is 144 cm³/mol. The van der Waals surface area contributed by atoms with Crippen LogP contribution in [0.4, 0.5) is 0 Å². The van der Waals surface area contributed by atoms with Crippen molar-refractivity contribution in [3.05, 3.63) is 80.4 Å². The first-order chi connectivity index (χ1) is 17.0. The van der Waals surface area contributed by atoms with E-state index in [0.717, 1.165) is 63.8 Å². The van der Waals surface area contributed by atoms with Gasteiger partial charge in [0.15, 0.2) is 17.3 Å². The number of hydrogen-bond acceptors (Lipinski definition) is 3. The molecule has 0 amide bonds. The van der Waals surface area contributed by atoms with Crippen molar-refractivity contribution in [3.63, 3.8) is 0 Å². The van der Waals surface area contributed by atoms with Gasteiger partial charge in [-0.15, -0.1) is 0 Å². The van der Waals surface area contributed by atoms with Crippen LogP contribution in [0.3, 0.4) is 0 Å². The second kappa shape index (κ2) is 8.50. The first-order valence-electron chi connectivity index (χ1n) is 13.2. The minimum atomic E-state index is -0.397. The Kier molecular flexibility index (Phi) is 5.82. The molecule has 2 unspecified atom stereocenters. The lowest BCUT2D eigenvalue weighted by Crippen LogP contribution is -2.47. The molecule has 0 fully saturated rings. The molecule has 0 aromatic heterocycles. The van der Waals surface area contributed by atoms with Crippen LogP contribution in [-0.2, 0) is 16.0 Å². The lowest BCUT2D eigenvalue weighted by atomic mass is 9.52. The average Bonchev–Trinajstić information content (AvgIpc) is 2.77. The fourth-order valence-electron chi connectivity index (χ4n) is 7.68. The Morgan fingerprint density at radius 2 is 1.67 bits per heavy atom. The molecule has 0 N–H and O–H groups in total. The van der Waals surface area contributed by atoms with Crippen LogP contribution in [0.25, 0.3) is 11.1 Å². The van der Waals surface area contributed by atoms with Gasteiger partial charge in [-0.2, -0.15) is 0 Å². The fraction of sp³-hybridized carbons (Fsp3) is 0.424. The van der Waals surface area contributed by atoms with E-state index in [0.29, 0.717) is 12.0 Å².